The third-order valence-corrected chi connectivity index (χ3v) is 3.03. The molecule has 1 aromatic rings. The summed E-state index contributed by atoms with van der Waals surface area (Å²) in [7, 11) is -0.449. The van der Waals surface area contributed by atoms with E-state index >= 15 is 0 Å². The van der Waals surface area contributed by atoms with E-state index in [4.69, 9.17) is 5.73 Å². The third-order valence-electron chi connectivity index (χ3n) is 1.84. The first-order valence-electron chi connectivity index (χ1n) is 4.51. The number of halogens is 4. The van der Waals surface area contributed by atoms with Crippen LogP contribution in [-0.4, -0.2) is 9.52 Å². The molecule has 1 rings (SSSR count). The van der Waals surface area contributed by atoms with Gasteiger partial charge >= 0.3 is 6.18 Å². The normalized spacial score (nSPS) is 11.6. The minimum absolute atomic E-state index is 0.0312. The average Bonchev–Trinajstić information content (AvgIpc) is 2.17. The van der Waals surface area contributed by atoms with Crippen LogP contribution in [0.4, 0.5) is 18.9 Å². The van der Waals surface area contributed by atoms with Crippen LogP contribution in [-0.2, 0) is 6.18 Å². The molecule has 0 amide bonds. The van der Waals surface area contributed by atoms with Crippen molar-refractivity contribution >= 4 is 31.1 Å². The molecule has 0 aliphatic rings. The van der Waals surface area contributed by atoms with Crippen molar-refractivity contribution in [3.63, 3.8) is 0 Å². The molecule has 6 heteroatoms. The van der Waals surface area contributed by atoms with E-state index in [1.807, 2.05) is 6.55 Å². The van der Waals surface area contributed by atoms with Crippen LogP contribution in [0.5, 0.6) is 0 Å². The Morgan fingerprint density at radius 3 is 2.50 bits per heavy atom. The SMILES string of the molecule is C[SiH2]C#Cc1cc(Br)c(C(F)(F)F)cc1N. The molecule has 0 saturated carbocycles. The first kappa shape index (κ1) is 13.1. The predicted molar refractivity (Wildman–Crippen MR) is 64.8 cm³/mol. The number of hydrogen-bond acceptors (Lipinski definition) is 1. The standard InChI is InChI=1S/C10H9BrF3NSi/c1-16-3-2-6-4-8(11)7(5-9(6)15)10(12,13)14/h4-5H,15-16H2,1H3. The molecule has 0 aromatic heterocycles. The molecule has 0 bridgehead atoms. The molecule has 0 spiro atoms. The van der Waals surface area contributed by atoms with Crippen LogP contribution in [0.1, 0.15) is 11.1 Å². The Morgan fingerprint density at radius 2 is 2.00 bits per heavy atom. The topological polar surface area (TPSA) is 26.0 Å². The molecule has 1 aromatic carbocycles. The lowest BCUT2D eigenvalue weighted by Gasteiger charge is -2.10. The van der Waals surface area contributed by atoms with Gasteiger partial charge in [-0.2, -0.15) is 13.2 Å². The highest BCUT2D eigenvalue weighted by Gasteiger charge is 2.33. The quantitative estimate of drug-likeness (QED) is 0.445. The lowest BCUT2D eigenvalue weighted by molar-refractivity contribution is -0.138. The number of rotatable bonds is 0. The second-order valence-corrected chi connectivity index (χ2v) is 4.99. The highest BCUT2D eigenvalue weighted by Crippen LogP contribution is 2.36. The van der Waals surface area contributed by atoms with Gasteiger partial charge in [-0.15, -0.1) is 5.54 Å². The summed E-state index contributed by atoms with van der Waals surface area (Å²) in [6, 6.07) is 2.22. The van der Waals surface area contributed by atoms with E-state index in [2.05, 4.69) is 27.4 Å². The summed E-state index contributed by atoms with van der Waals surface area (Å²) in [5, 5.41) is 0. The van der Waals surface area contributed by atoms with Gasteiger partial charge in [-0.3, -0.25) is 0 Å². The molecule has 0 radical (unpaired) electrons. The molecule has 86 valence electrons. The highest BCUT2D eigenvalue weighted by atomic mass is 79.9. The van der Waals surface area contributed by atoms with Gasteiger partial charge in [0, 0.05) is 15.7 Å². The number of nitrogen functional groups attached to an aromatic ring is 1. The summed E-state index contributed by atoms with van der Waals surface area (Å²) >= 11 is 2.88. The van der Waals surface area contributed by atoms with Gasteiger partial charge in [0.05, 0.1) is 5.56 Å². The lowest BCUT2D eigenvalue weighted by Crippen LogP contribution is -2.07. The maximum Gasteiger partial charge on any atom is 0.417 e. The van der Waals surface area contributed by atoms with Crippen molar-refractivity contribution in [2.75, 3.05) is 5.73 Å². The second kappa shape index (κ2) is 4.93. The van der Waals surface area contributed by atoms with Crippen LogP contribution in [0.2, 0.25) is 6.55 Å². The molecule has 0 aliphatic heterocycles. The second-order valence-electron chi connectivity index (χ2n) is 3.07. The summed E-state index contributed by atoms with van der Waals surface area (Å²) in [4.78, 5) is 0. The molecule has 0 saturated heterocycles. The Bertz CT molecular complexity index is 460. The fourth-order valence-corrected chi connectivity index (χ4v) is 2.03. The van der Waals surface area contributed by atoms with Crippen molar-refractivity contribution in [2.45, 2.75) is 12.7 Å². The summed E-state index contributed by atoms with van der Waals surface area (Å²) in [5.74, 6) is 2.77. The molecule has 0 aliphatic carbocycles. The van der Waals surface area contributed by atoms with Gasteiger partial charge in [-0.1, -0.05) is 28.4 Å². The van der Waals surface area contributed by atoms with E-state index < -0.39 is 21.3 Å². The van der Waals surface area contributed by atoms with Crippen molar-refractivity contribution in [1.29, 1.82) is 0 Å². The summed E-state index contributed by atoms with van der Waals surface area (Å²) in [5.41, 5.74) is 8.14. The molecule has 2 N–H and O–H groups in total. The van der Waals surface area contributed by atoms with Gasteiger partial charge in [0.15, 0.2) is 0 Å². The fraction of sp³-hybridized carbons (Fsp3) is 0.200. The maximum atomic E-state index is 12.5. The number of alkyl halides is 3. The molecule has 0 heterocycles. The number of nitrogens with two attached hydrogens (primary N) is 1. The van der Waals surface area contributed by atoms with Crippen molar-refractivity contribution in [1.82, 2.24) is 0 Å². The van der Waals surface area contributed by atoms with Gasteiger partial charge < -0.3 is 5.73 Å². The molecular formula is C10H9BrF3NSi. The molecule has 0 fully saturated rings. The smallest absolute Gasteiger partial charge is 0.398 e. The largest absolute Gasteiger partial charge is 0.417 e. The van der Waals surface area contributed by atoms with E-state index in [0.29, 0.717) is 5.56 Å². The number of benzene rings is 1. The lowest BCUT2D eigenvalue weighted by atomic mass is 10.1. The average molecular weight is 308 g/mol. The zero-order chi connectivity index (χ0) is 12.3. The molecule has 0 atom stereocenters. The van der Waals surface area contributed by atoms with Crippen LogP contribution in [0.3, 0.4) is 0 Å². The summed E-state index contributed by atoms with van der Waals surface area (Å²) in [6.07, 6.45) is -4.40. The Balaban J connectivity index is 3.28. The number of hydrogen-bond donors (Lipinski definition) is 1. The highest BCUT2D eigenvalue weighted by molar-refractivity contribution is 9.10. The predicted octanol–water partition coefficient (Wildman–Crippen LogP) is 2.58. The Morgan fingerprint density at radius 1 is 1.38 bits per heavy atom. The monoisotopic (exact) mass is 307 g/mol. The Hall–Kier alpha value is -0.933. The molecule has 1 nitrogen and oxygen atoms in total. The van der Waals surface area contributed by atoms with E-state index in [1.54, 1.807) is 0 Å². The summed E-state index contributed by atoms with van der Waals surface area (Å²) in [6.45, 7) is 1.99. The van der Waals surface area contributed by atoms with Crippen LogP contribution in [0.25, 0.3) is 0 Å². The van der Waals surface area contributed by atoms with Gasteiger partial charge in [0.25, 0.3) is 0 Å². The molecule has 0 unspecified atom stereocenters. The van der Waals surface area contributed by atoms with Crippen LogP contribution in [0.15, 0.2) is 16.6 Å². The minimum atomic E-state index is -4.40. The third kappa shape index (κ3) is 3.03. The first-order valence-corrected chi connectivity index (χ1v) is 7.42. The summed E-state index contributed by atoms with van der Waals surface area (Å²) < 4.78 is 37.5. The van der Waals surface area contributed by atoms with E-state index in [1.165, 1.54) is 6.07 Å². The van der Waals surface area contributed by atoms with Crippen molar-refractivity contribution in [3.05, 3.63) is 27.7 Å². The zero-order valence-electron chi connectivity index (χ0n) is 8.45. The van der Waals surface area contributed by atoms with Crippen LogP contribution >= 0.6 is 15.9 Å². The molecular weight excluding hydrogens is 299 g/mol. The van der Waals surface area contributed by atoms with Crippen molar-refractivity contribution < 1.29 is 13.2 Å². The van der Waals surface area contributed by atoms with Crippen molar-refractivity contribution in [3.8, 4) is 11.5 Å². The van der Waals surface area contributed by atoms with Crippen LogP contribution in [0, 0.1) is 11.5 Å². The minimum Gasteiger partial charge on any atom is -0.398 e. The first-order chi connectivity index (χ1) is 7.36. The van der Waals surface area contributed by atoms with Gasteiger partial charge in [-0.25, -0.2) is 0 Å². The fourth-order valence-electron chi connectivity index (χ4n) is 1.10. The van der Waals surface area contributed by atoms with Crippen molar-refractivity contribution in [2.24, 2.45) is 0 Å². The van der Waals surface area contributed by atoms with E-state index in [-0.39, 0.29) is 10.2 Å². The zero-order valence-corrected chi connectivity index (χ0v) is 11.5. The Kier molecular flexibility index (Phi) is 4.05. The van der Waals surface area contributed by atoms with E-state index in [0.717, 1.165) is 6.07 Å². The Labute approximate surface area is 102 Å². The number of anilines is 1. The van der Waals surface area contributed by atoms with Gasteiger partial charge in [-0.05, 0) is 12.1 Å². The van der Waals surface area contributed by atoms with Crippen LogP contribution < -0.4 is 5.73 Å². The van der Waals surface area contributed by atoms with Gasteiger partial charge in [0.2, 0.25) is 0 Å². The molecule has 16 heavy (non-hydrogen) atoms. The maximum absolute atomic E-state index is 12.5. The van der Waals surface area contributed by atoms with E-state index in [9.17, 15) is 13.2 Å². The van der Waals surface area contributed by atoms with Gasteiger partial charge in [0.1, 0.15) is 9.52 Å².